The Morgan fingerprint density at radius 3 is 2.27 bits per heavy atom. The fourth-order valence-electron chi connectivity index (χ4n) is 2.56. The van der Waals surface area contributed by atoms with Crippen LogP contribution in [0.3, 0.4) is 0 Å². The number of benzene rings is 3. The smallest absolute Gasteiger partial charge is 0.251 e. The molecule has 132 valence electrons. The number of hydrogen-bond donors (Lipinski definition) is 1. The van der Waals surface area contributed by atoms with Gasteiger partial charge in [0.2, 0.25) is 0 Å². The highest BCUT2D eigenvalue weighted by Gasteiger charge is 2.11. The van der Waals surface area contributed by atoms with E-state index in [0.717, 1.165) is 16.9 Å². The second-order valence-corrected chi connectivity index (χ2v) is 6.48. The molecule has 3 nitrogen and oxygen atoms in total. The number of amides is 1. The molecule has 0 aliphatic rings. The molecule has 0 saturated carbocycles. The summed E-state index contributed by atoms with van der Waals surface area (Å²) in [5.74, 6) is 0.609. The van der Waals surface area contributed by atoms with Gasteiger partial charge in [-0.05, 0) is 54.4 Å². The van der Waals surface area contributed by atoms with E-state index in [9.17, 15) is 4.79 Å². The highest BCUT2D eigenvalue weighted by atomic mass is 35.5. The SMILES string of the molecule is C[C@H](NC(=O)c1ccc(OCc2ccccc2)cc1)c1ccc(Cl)cc1. The van der Waals surface area contributed by atoms with Crippen LogP contribution in [-0.2, 0) is 6.61 Å². The molecular weight excluding hydrogens is 346 g/mol. The van der Waals surface area contributed by atoms with Crippen molar-refractivity contribution in [3.05, 3.63) is 101 Å². The van der Waals surface area contributed by atoms with Crippen molar-refractivity contribution in [1.29, 1.82) is 0 Å². The van der Waals surface area contributed by atoms with Crippen LogP contribution in [0.15, 0.2) is 78.9 Å². The molecule has 0 bridgehead atoms. The number of carbonyl (C=O) groups is 1. The lowest BCUT2D eigenvalue weighted by Crippen LogP contribution is -2.26. The van der Waals surface area contributed by atoms with Crippen LogP contribution >= 0.6 is 11.6 Å². The van der Waals surface area contributed by atoms with Crippen molar-refractivity contribution in [2.24, 2.45) is 0 Å². The van der Waals surface area contributed by atoms with Gasteiger partial charge in [-0.1, -0.05) is 54.1 Å². The van der Waals surface area contributed by atoms with E-state index >= 15 is 0 Å². The normalized spacial score (nSPS) is 11.6. The minimum Gasteiger partial charge on any atom is -0.489 e. The summed E-state index contributed by atoms with van der Waals surface area (Å²) in [4.78, 5) is 12.4. The summed E-state index contributed by atoms with van der Waals surface area (Å²) < 4.78 is 5.74. The van der Waals surface area contributed by atoms with Crippen LogP contribution < -0.4 is 10.1 Å². The largest absolute Gasteiger partial charge is 0.489 e. The number of nitrogens with one attached hydrogen (secondary N) is 1. The van der Waals surface area contributed by atoms with Gasteiger partial charge in [0, 0.05) is 10.6 Å². The van der Waals surface area contributed by atoms with E-state index in [-0.39, 0.29) is 11.9 Å². The lowest BCUT2D eigenvalue weighted by Gasteiger charge is -2.15. The quantitative estimate of drug-likeness (QED) is 0.634. The Hall–Kier alpha value is -2.78. The van der Waals surface area contributed by atoms with Crippen molar-refractivity contribution in [2.45, 2.75) is 19.6 Å². The van der Waals surface area contributed by atoms with Gasteiger partial charge in [0.1, 0.15) is 12.4 Å². The van der Waals surface area contributed by atoms with Crippen molar-refractivity contribution in [1.82, 2.24) is 5.32 Å². The van der Waals surface area contributed by atoms with Crippen molar-refractivity contribution < 1.29 is 9.53 Å². The van der Waals surface area contributed by atoms with Crippen LogP contribution in [-0.4, -0.2) is 5.91 Å². The second kappa shape index (κ2) is 8.54. The lowest BCUT2D eigenvalue weighted by molar-refractivity contribution is 0.0940. The van der Waals surface area contributed by atoms with E-state index in [1.807, 2.05) is 73.7 Å². The summed E-state index contributed by atoms with van der Waals surface area (Å²) in [7, 11) is 0. The van der Waals surface area contributed by atoms with Crippen LogP contribution in [0.4, 0.5) is 0 Å². The fraction of sp³-hybridized carbons (Fsp3) is 0.136. The average molecular weight is 366 g/mol. The Kier molecular flexibility index (Phi) is 5.92. The summed E-state index contributed by atoms with van der Waals surface area (Å²) in [5.41, 5.74) is 2.70. The first kappa shape index (κ1) is 18.0. The van der Waals surface area contributed by atoms with Gasteiger partial charge in [-0.3, -0.25) is 4.79 Å². The summed E-state index contributed by atoms with van der Waals surface area (Å²) >= 11 is 5.90. The standard InChI is InChI=1S/C22H20ClNO2/c1-16(18-7-11-20(23)12-8-18)24-22(25)19-9-13-21(14-10-19)26-15-17-5-3-2-4-6-17/h2-14,16H,15H2,1H3,(H,24,25)/t16-/m0/s1. The highest BCUT2D eigenvalue weighted by Crippen LogP contribution is 2.18. The average Bonchev–Trinajstić information content (AvgIpc) is 2.68. The molecule has 26 heavy (non-hydrogen) atoms. The first-order valence-electron chi connectivity index (χ1n) is 8.45. The third kappa shape index (κ3) is 4.87. The molecule has 4 heteroatoms. The Balaban J connectivity index is 1.57. The van der Waals surface area contributed by atoms with Crippen molar-refractivity contribution in [3.63, 3.8) is 0 Å². The van der Waals surface area contributed by atoms with E-state index < -0.39 is 0 Å². The first-order chi connectivity index (χ1) is 12.6. The van der Waals surface area contributed by atoms with E-state index in [4.69, 9.17) is 16.3 Å². The van der Waals surface area contributed by atoms with Gasteiger partial charge in [-0.15, -0.1) is 0 Å². The maximum atomic E-state index is 12.4. The number of rotatable bonds is 6. The molecule has 1 amide bonds. The first-order valence-corrected chi connectivity index (χ1v) is 8.83. The minimum absolute atomic E-state index is 0.103. The molecule has 0 saturated heterocycles. The van der Waals surface area contributed by atoms with Crippen LogP contribution in [0.2, 0.25) is 5.02 Å². The summed E-state index contributed by atoms with van der Waals surface area (Å²) in [6.07, 6.45) is 0. The van der Waals surface area contributed by atoms with E-state index in [2.05, 4.69) is 5.32 Å². The van der Waals surface area contributed by atoms with Gasteiger partial charge >= 0.3 is 0 Å². The van der Waals surface area contributed by atoms with Gasteiger partial charge in [-0.2, -0.15) is 0 Å². The van der Waals surface area contributed by atoms with Gasteiger partial charge < -0.3 is 10.1 Å². The number of hydrogen-bond acceptors (Lipinski definition) is 2. The fourth-order valence-corrected chi connectivity index (χ4v) is 2.68. The van der Waals surface area contributed by atoms with Crippen LogP contribution in [0.5, 0.6) is 5.75 Å². The molecule has 0 fully saturated rings. The molecule has 0 aromatic heterocycles. The molecule has 3 aromatic carbocycles. The predicted molar refractivity (Wildman–Crippen MR) is 105 cm³/mol. The zero-order valence-corrected chi connectivity index (χ0v) is 15.2. The van der Waals surface area contributed by atoms with Crippen LogP contribution in [0, 0.1) is 0 Å². The van der Waals surface area contributed by atoms with Gasteiger partial charge in [0.25, 0.3) is 5.91 Å². The Bertz CT molecular complexity index is 846. The van der Waals surface area contributed by atoms with Crippen LogP contribution in [0.1, 0.15) is 34.5 Å². The Morgan fingerprint density at radius 1 is 0.962 bits per heavy atom. The van der Waals surface area contributed by atoms with E-state index in [0.29, 0.717) is 17.2 Å². The maximum Gasteiger partial charge on any atom is 0.251 e. The molecule has 0 aliphatic heterocycles. The van der Waals surface area contributed by atoms with Crippen molar-refractivity contribution in [2.75, 3.05) is 0 Å². The van der Waals surface area contributed by atoms with Gasteiger partial charge in [0.05, 0.1) is 6.04 Å². The molecule has 3 aromatic rings. The molecule has 0 spiro atoms. The van der Waals surface area contributed by atoms with Crippen LogP contribution in [0.25, 0.3) is 0 Å². The Labute approximate surface area is 158 Å². The monoisotopic (exact) mass is 365 g/mol. The molecule has 0 unspecified atom stereocenters. The summed E-state index contributed by atoms with van der Waals surface area (Å²) in [6.45, 7) is 2.44. The minimum atomic E-state index is -0.123. The number of ether oxygens (including phenoxy) is 1. The van der Waals surface area contributed by atoms with Gasteiger partial charge in [0.15, 0.2) is 0 Å². The molecule has 1 N–H and O–H groups in total. The second-order valence-electron chi connectivity index (χ2n) is 6.05. The summed E-state index contributed by atoms with van der Waals surface area (Å²) in [6, 6.07) is 24.5. The summed E-state index contributed by atoms with van der Waals surface area (Å²) in [5, 5.41) is 3.67. The number of halogens is 1. The molecule has 0 heterocycles. The van der Waals surface area contributed by atoms with E-state index in [1.165, 1.54) is 0 Å². The van der Waals surface area contributed by atoms with Crippen molar-refractivity contribution >= 4 is 17.5 Å². The molecule has 0 radical (unpaired) electrons. The third-order valence-corrected chi connectivity index (χ3v) is 4.33. The van der Waals surface area contributed by atoms with E-state index in [1.54, 1.807) is 12.1 Å². The molecule has 0 aliphatic carbocycles. The van der Waals surface area contributed by atoms with Crippen molar-refractivity contribution in [3.8, 4) is 5.75 Å². The number of carbonyl (C=O) groups excluding carboxylic acids is 1. The lowest BCUT2D eigenvalue weighted by atomic mass is 10.1. The molecule has 3 rings (SSSR count). The zero-order valence-electron chi connectivity index (χ0n) is 14.5. The molecular formula is C22H20ClNO2. The van der Waals surface area contributed by atoms with Gasteiger partial charge in [-0.25, -0.2) is 0 Å². The zero-order chi connectivity index (χ0) is 18.4. The predicted octanol–water partition coefficient (Wildman–Crippen LogP) is 5.41. The Morgan fingerprint density at radius 2 is 1.62 bits per heavy atom. The molecule has 1 atom stereocenters. The maximum absolute atomic E-state index is 12.4. The third-order valence-electron chi connectivity index (χ3n) is 4.08. The topological polar surface area (TPSA) is 38.3 Å². The highest BCUT2D eigenvalue weighted by molar-refractivity contribution is 6.30.